The van der Waals surface area contributed by atoms with Gasteiger partial charge in [0.1, 0.15) is 0 Å². The van der Waals surface area contributed by atoms with Crippen LogP contribution in [0.15, 0.2) is 0 Å². The van der Waals surface area contributed by atoms with E-state index in [-0.39, 0.29) is 17.9 Å². The topological polar surface area (TPSA) is 52.6 Å². The molecule has 0 radical (unpaired) electrons. The Kier molecular flexibility index (Phi) is 4.40. The predicted molar refractivity (Wildman–Crippen MR) is 66.6 cm³/mol. The van der Waals surface area contributed by atoms with Crippen LogP contribution >= 0.6 is 0 Å². The lowest BCUT2D eigenvalue weighted by molar-refractivity contribution is -0.142. The molecule has 2 aliphatic heterocycles. The third-order valence-electron chi connectivity index (χ3n) is 4.04. The molecule has 4 nitrogen and oxygen atoms in total. The highest BCUT2D eigenvalue weighted by atomic mass is 16.3. The zero-order chi connectivity index (χ0) is 12.3. The van der Waals surface area contributed by atoms with Crippen molar-refractivity contribution in [3.8, 4) is 0 Å². The second kappa shape index (κ2) is 5.83. The lowest BCUT2D eigenvalue weighted by Gasteiger charge is -2.40. The number of piperidine rings is 2. The monoisotopic (exact) mass is 240 g/mol. The first-order valence-electron chi connectivity index (χ1n) is 6.89. The van der Waals surface area contributed by atoms with E-state index < -0.39 is 6.10 Å². The van der Waals surface area contributed by atoms with Crippen molar-refractivity contribution in [1.29, 1.82) is 0 Å². The van der Waals surface area contributed by atoms with Gasteiger partial charge in [0.05, 0.1) is 18.1 Å². The number of rotatable bonds is 2. The molecule has 4 heteroatoms. The first kappa shape index (κ1) is 12.8. The number of amides is 1. The van der Waals surface area contributed by atoms with E-state index in [4.69, 9.17) is 0 Å². The lowest BCUT2D eigenvalue weighted by Crippen LogP contribution is -2.52. The molecule has 98 valence electrons. The molecule has 2 saturated heterocycles. The Labute approximate surface area is 103 Å². The van der Waals surface area contributed by atoms with Crippen molar-refractivity contribution < 1.29 is 9.90 Å². The number of hydrogen-bond acceptors (Lipinski definition) is 3. The Morgan fingerprint density at radius 2 is 2.18 bits per heavy atom. The lowest BCUT2D eigenvalue weighted by atomic mass is 9.93. The quantitative estimate of drug-likeness (QED) is 0.749. The van der Waals surface area contributed by atoms with Gasteiger partial charge < -0.3 is 15.3 Å². The smallest absolute Gasteiger partial charge is 0.227 e. The predicted octanol–water partition coefficient (Wildman–Crippen LogP) is 0.748. The van der Waals surface area contributed by atoms with Crippen LogP contribution in [0.1, 0.15) is 39.0 Å². The number of aliphatic hydroxyl groups excluding tert-OH is 1. The van der Waals surface area contributed by atoms with Crippen LogP contribution in [-0.4, -0.2) is 47.7 Å². The van der Waals surface area contributed by atoms with Crippen LogP contribution in [0.2, 0.25) is 0 Å². The maximum atomic E-state index is 12.4. The molecule has 0 spiro atoms. The van der Waals surface area contributed by atoms with Crippen molar-refractivity contribution in [3.05, 3.63) is 0 Å². The first-order valence-corrected chi connectivity index (χ1v) is 6.89. The van der Waals surface area contributed by atoms with E-state index in [0.717, 1.165) is 51.7 Å². The van der Waals surface area contributed by atoms with Gasteiger partial charge in [0.2, 0.25) is 5.91 Å². The molecule has 1 amide bonds. The van der Waals surface area contributed by atoms with E-state index in [2.05, 4.69) is 5.32 Å². The molecule has 3 atom stereocenters. The summed E-state index contributed by atoms with van der Waals surface area (Å²) in [5.41, 5.74) is 0. The minimum Gasteiger partial charge on any atom is -0.391 e. The van der Waals surface area contributed by atoms with Gasteiger partial charge in [-0.15, -0.1) is 0 Å². The molecule has 3 unspecified atom stereocenters. The zero-order valence-corrected chi connectivity index (χ0v) is 10.7. The Balaban J connectivity index is 1.99. The second-order valence-electron chi connectivity index (χ2n) is 5.38. The van der Waals surface area contributed by atoms with Crippen LogP contribution < -0.4 is 5.32 Å². The van der Waals surface area contributed by atoms with Gasteiger partial charge in [-0.25, -0.2) is 0 Å². The molecule has 0 aromatic rings. The van der Waals surface area contributed by atoms with Gasteiger partial charge in [0.15, 0.2) is 0 Å². The van der Waals surface area contributed by atoms with E-state index in [1.165, 1.54) is 0 Å². The molecule has 0 saturated carbocycles. The minimum atomic E-state index is -0.407. The van der Waals surface area contributed by atoms with Crippen molar-refractivity contribution in [1.82, 2.24) is 10.2 Å². The maximum Gasteiger partial charge on any atom is 0.227 e. The van der Waals surface area contributed by atoms with Gasteiger partial charge in [-0.1, -0.05) is 0 Å². The summed E-state index contributed by atoms with van der Waals surface area (Å²) in [7, 11) is 0. The molecule has 0 bridgehead atoms. The summed E-state index contributed by atoms with van der Waals surface area (Å²) in [4.78, 5) is 14.4. The summed E-state index contributed by atoms with van der Waals surface area (Å²) in [6, 6.07) is 0.0400. The van der Waals surface area contributed by atoms with Crippen LogP contribution in [0.5, 0.6) is 0 Å². The molecule has 2 N–H and O–H groups in total. The fourth-order valence-electron chi connectivity index (χ4n) is 3.03. The van der Waals surface area contributed by atoms with Crippen LogP contribution in [0.25, 0.3) is 0 Å². The highest BCUT2D eigenvalue weighted by Gasteiger charge is 2.33. The molecule has 17 heavy (non-hydrogen) atoms. The fraction of sp³-hybridized carbons (Fsp3) is 0.923. The number of hydrogen-bond donors (Lipinski definition) is 2. The number of nitrogens with one attached hydrogen (secondary N) is 1. The standard InChI is InChI=1S/C13H24N2O2/c1-10(16)12-6-2-3-8-15(12)13(17)11-5-4-7-14-9-11/h10-12,14,16H,2-9H2,1H3. The van der Waals surface area contributed by atoms with Gasteiger partial charge in [0, 0.05) is 13.1 Å². The fourth-order valence-corrected chi connectivity index (χ4v) is 3.03. The number of likely N-dealkylation sites (tertiary alicyclic amines) is 1. The van der Waals surface area contributed by atoms with Gasteiger partial charge in [-0.3, -0.25) is 4.79 Å². The maximum absolute atomic E-state index is 12.4. The van der Waals surface area contributed by atoms with Crippen LogP contribution in [-0.2, 0) is 4.79 Å². The Morgan fingerprint density at radius 1 is 1.35 bits per heavy atom. The SMILES string of the molecule is CC(O)C1CCCCN1C(=O)C1CCCNC1. The van der Waals surface area contributed by atoms with E-state index in [1.807, 2.05) is 4.90 Å². The summed E-state index contributed by atoms with van der Waals surface area (Å²) in [5, 5.41) is 13.1. The van der Waals surface area contributed by atoms with Gasteiger partial charge in [0.25, 0.3) is 0 Å². The van der Waals surface area contributed by atoms with E-state index in [1.54, 1.807) is 6.92 Å². The highest BCUT2D eigenvalue weighted by Crippen LogP contribution is 2.23. The highest BCUT2D eigenvalue weighted by molar-refractivity contribution is 5.79. The van der Waals surface area contributed by atoms with Crippen molar-refractivity contribution >= 4 is 5.91 Å². The molecule has 2 fully saturated rings. The zero-order valence-electron chi connectivity index (χ0n) is 10.7. The Hall–Kier alpha value is -0.610. The average Bonchev–Trinajstić information content (AvgIpc) is 2.39. The van der Waals surface area contributed by atoms with Gasteiger partial charge in [-0.05, 0) is 45.6 Å². The molecule has 2 heterocycles. The number of carbonyl (C=O) groups is 1. The minimum absolute atomic E-state index is 0.0400. The van der Waals surface area contributed by atoms with Crippen LogP contribution in [0, 0.1) is 5.92 Å². The Bertz CT molecular complexity index is 262. The van der Waals surface area contributed by atoms with Crippen molar-refractivity contribution in [2.45, 2.75) is 51.2 Å². The average molecular weight is 240 g/mol. The van der Waals surface area contributed by atoms with Crippen LogP contribution in [0.4, 0.5) is 0 Å². The molecular weight excluding hydrogens is 216 g/mol. The van der Waals surface area contributed by atoms with E-state index >= 15 is 0 Å². The largest absolute Gasteiger partial charge is 0.391 e. The normalized spacial score (nSPS) is 32.2. The van der Waals surface area contributed by atoms with Crippen molar-refractivity contribution in [3.63, 3.8) is 0 Å². The summed E-state index contributed by atoms with van der Waals surface area (Å²) >= 11 is 0. The van der Waals surface area contributed by atoms with Crippen molar-refractivity contribution in [2.24, 2.45) is 5.92 Å². The Morgan fingerprint density at radius 3 is 2.82 bits per heavy atom. The molecule has 0 aliphatic carbocycles. The number of nitrogens with zero attached hydrogens (tertiary/aromatic N) is 1. The summed E-state index contributed by atoms with van der Waals surface area (Å²) in [5.74, 6) is 0.380. The van der Waals surface area contributed by atoms with Gasteiger partial charge >= 0.3 is 0 Å². The number of aliphatic hydroxyl groups is 1. The second-order valence-corrected chi connectivity index (χ2v) is 5.38. The summed E-state index contributed by atoms with van der Waals surface area (Å²) in [6.45, 7) is 4.46. The molecule has 2 rings (SSSR count). The third kappa shape index (κ3) is 2.99. The summed E-state index contributed by atoms with van der Waals surface area (Å²) in [6.07, 6.45) is 4.83. The molecule has 2 aliphatic rings. The van der Waals surface area contributed by atoms with Crippen LogP contribution in [0.3, 0.4) is 0 Å². The first-order chi connectivity index (χ1) is 8.20. The molecule has 0 aromatic heterocycles. The van der Waals surface area contributed by atoms with Crippen molar-refractivity contribution in [2.75, 3.05) is 19.6 Å². The van der Waals surface area contributed by atoms with E-state index in [9.17, 15) is 9.90 Å². The summed E-state index contributed by atoms with van der Waals surface area (Å²) < 4.78 is 0. The third-order valence-corrected chi connectivity index (χ3v) is 4.04. The molecular formula is C13H24N2O2. The van der Waals surface area contributed by atoms with E-state index in [0.29, 0.717) is 0 Å². The molecule has 0 aromatic carbocycles. The number of carbonyl (C=O) groups excluding carboxylic acids is 1. The van der Waals surface area contributed by atoms with Gasteiger partial charge in [-0.2, -0.15) is 0 Å².